The molecule has 0 amide bonds. The minimum absolute atomic E-state index is 0.226. The number of nitrogens with zero attached hydrogens (tertiary/aromatic N) is 1. The van der Waals surface area contributed by atoms with Gasteiger partial charge in [-0.05, 0) is 44.4 Å². The van der Waals surface area contributed by atoms with Gasteiger partial charge in [-0.25, -0.2) is 0 Å². The predicted molar refractivity (Wildman–Crippen MR) is 66.9 cm³/mol. The second kappa shape index (κ2) is 6.76. The summed E-state index contributed by atoms with van der Waals surface area (Å²) in [5.74, 6) is 0.634. The Hall–Kier alpha value is -0.660. The summed E-state index contributed by atoms with van der Waals surface area (Å²) < 4.78 is 0. The monoisotopic (exact) mass is 211 g/mol. The number of hydrogen-bond donors (Lipinski definition) is 0. The van der Waals surface area contributed by atoms with Gasteiger partial charge < -0.3 is 0 Å². The van der Waals surface area contributed by atoms with Crippen LogP contribution < -0.4 is 0 Å². The van der Waals surface area contributed by atoms with E-state index in [0.29, 0.717) is 12.5 Å². The van der Waals surface area contributed by atoms with Gasteiger partial charge in [0.15, 0.2) is 0 Å². The summed E-state index contributed by atoms with van der Waals surface area (Å²) in [4.78, 5) is 10.1. The lowest BCUT2D eigenvalue weighted by molar-refractivity contribution is 0.205. The molecule has 1 unspecified atom stereocenters. The van der Waals surface area contributed by atoms with Crippen LogP contribution in [0.1, 0.15) is 53.9 Å². The molecule has 0 radical (unpaired) electrons. The van der Waals surface area contributed by atoms with Gasteiger partial charge in [-0.1, -0.05) is 37.6 Å². The normalized spacial score (nSPS) is 13.4. The number of nitroso groups, excluding NO2 is 1. The molecule has 1 atom stereocenters. The van der Waals surface area contributed by atoms with Crippen LogP contribution in [-0.4, -0.2) is 6.54 Å². The van der Waals surface area contributed by atoms with Crippen molar-refractivity contribution in [2.45, 2.75) is 53.9 Å². The van der Waals surface area contributed by atoms with E-state index < -0.39 is 0 Å². The molecule has 2 nitrogen and oxygen atoms in total. The maximum atomic E-state index is 10.1. The Kier molecular flexibility index (Phi) is 6.46. The van der Waals surface area contributed by atoms with Crippen LogP contribution in [0.25, 0.3) is 0 Å². The molecule has 0 rings (SSSR count). The number of hydrogen-bond acceptors (Lipinski definition) is 2. The molecule has 0 aliphatic carbocycles. The molecule has 0 spiro atoms. The fourth-order valence-corrected chi connectivity index (χ4v) is 1.59. The third-order valence-corrected chi connectivity index (χ3v) is 3.33. The van der Waals surface area contributed by atoms with E-state index >= 15 is 0 Å². The van der Waals surface area contributed by atoms with Gasteiger partial charge >= 0.3 is 0 Å². The van der Waals surface area contributed by atoms with E-state index in [1.54, 1.807) is 0 Å². The molecule has 0 aromatic carbocycles. The second-order valence-electron chi connectivity index (χ2n) is 5.35. The van der Waals surface area contributed by atoms with E-state index in [0.717, 1.165) is 12.8 Å². The summed E-state index contributed by atoms with van der Waals surface area (Å²) in [7, 11) is 0. The van der Waals surface area contributed by atoms with Crippen LogP contribution in [-0.2, 0) is 0 Å². The van der Waals surface area contributed by atoms with Crippen LogP contribution in [0.2, 0.25) is 0 Å². The first-order valence-corrected chi connectivity index (χ1v) is 5.82. The zero-order chi connectivity index (χ0) is 11.9. The van der Waals surface area contributed by atoms with Crippen molar-refractivity contribution < 1.29 is 0 Å². The summed E-state index contributed by atoms with van der Waals surface area (Å²) in [5.41, 5.74) is 1.61. The first-order chi connectivity index (χ1) is 6.90. The Bertz CT molecular complexity index is 215. The third kappa shape index (κ3) is 6.43. The highest BCUT2D eigenvalue weighted by Crippen LogP contribution is 2.33. The smallest absolute Gasteiger partial charge is 0.0816 e. The van der Waals surface area contributed by atoms with Crippen molar-refractivity contribution in [1.29, 1.82) is 0 Å². The lowest BCUT2D eigenvalue weighted by Gasteiger charge is -2.31. The molecule has 0 N–H and O–H groups in total. The Morgan fingerprint density at radius 1 is 1.40 bits per heavy atom. The van der Waals surface area contributed by atoms with Crippen LogP contribution in [0.4, 0.5) is 0 Å². The molecule has 0 bridgehead atoms. The van der Waals surface area contributed by atoms with Crippen LogP contribution in [0, 0.1) is 16.2 Å². The SMILES string of the molecule is CC(C)=CCCC(C)C(C)(C)CCN=O. The molecular formula is C13H25NO. The maximum Gasteiger partial charge on any atom is 0.0816 e. The number of allylic oxidation sites excluding steroid dienone is 2. The molecule has 15 heavy (non-hydrogen) atoms. The van der Waals surface area contributed by atoms with E-state index in [4.69, 9.17) is 0 Å². The molecule has 2 heteroatoms. The van der Waals surface area contributed by atoms with Crippen molar-refractivity contribution in [2.24, 2.45) is 16.5 Å². The second-order valence-corrected chi connectivity index (χ2v) is 5.35. The topological polar surface area (TPSA) is 29.4 Å². The van der Waals surface area contributed by atoms with Crippen molar-refractivity contribution in [1.82, 2.24) is 0 Å². The van der Waals surface area contributed by atoms with Crippen molar-refractivity contribution in [3.05, 3.63) is 16.6 Å². The largest absolute Gasteiger partial charge is 0.151 e. The minimum atomic E-state index is 0.226. The Balaban J connectivity index is 4.00. The van der Waals surface area contributed by atoms with Crippen LogP contribution in [0.5, 0.6) is 0 Å². The first-order valence-electron chi connectivity index (χ1n) is 5.82. The predicted octanol–water partition coefficient (Wildman–Crippen LogP) is 4.55. The van der Waals surface area contributed by atoms with Gasteiger partial charge in [0.2, 0.25) is 0 Å². The van der Waals surface area contributed by atoms with Crippen LogP contribution >= 0.6 is 0 Å². The fraction of sp³-hybridized carbons (Fsp3) is 0.846. The van der Waals surface area contributed by atoms with Crippen molar-refractivity contribution >= 4 is 0 Å². The summed E-state index contributed by atoms with van der Waals surface area (Å²) in [6.07, 6.45) is 5.51. The van der Waals surface area contributed by atoms with Gasteiger partial charge in [0, 0.05) is 0 Å². The fourth-order valence-electron chi connectivity index (χ4n) is 1.59. The average Bonchev–Trinajstić information content (AvgIpc) is 2.14. The average molecular weight is 211 g/mol. The van der Waals surface area contributed by atoms with Gasteiger partial charge in [0.1, 0.15) is 0 Å². The van der Waals surface area contributed by atoms with E-state index in [2.05, 4.69) is 45.9 Å². The zero-order valence-electron chi connectivity index (χ0n) is 10.8. The minimum Gasteiger partial charge on any atom is -0.151 e. The van der Waals surface area contributed by atoms with Crippen molar-refractivity contribution in [2.75, 3.05) is 6.54 Å². The van der Waals surface area contributed by atoms with Gasteiger partial charge in [-0.15, -0.1) is 0 Å². The molecule has 0 fully saturated rings. The summed E-state index contributed by atoms with van der Waals surface area (Å²) >= 11 is 0. The standard InChI is InChI=1S/C13H25NO/c1-11(2)7-6-8-12(3)13(4,5)9-10-14-15/h7,12H,6,8-10H2,1-5H3. The van der Waals surface area contributed by atoms with E-state index in [-0.39, 0.29) is 5.41 Å². The molecule has 0 aliphatic rings. The summed E-state index contributed by atoms with van der Waals surface area (Å²) in [5, 5.41) is 2.95. The Morgan fingerprint density at radius 3 is 2.47 bits per heavy atom. The molecule has 0 saturated carbocycles. The maximum absolute atomic E-state index is 10.1. The highest BCUT2D eigenvalue weighted by molar-refractivity contribution is 4.93. The first kappa shape index (κ1) is 14.3. The highest BCUT2D eigenvalue weighted by atomic mass is 16.3. The van der Waals surface area contributed by atoms with E-state index in [1.165, 1.54) is 12.0 Å². The molecule has 0 aromatic rings. The van der Waals surface area contributed by atoms with Crippen LogP contribution in [0.15, 0.2) is 16.8 Å². The third-order valence-electron chi connectivity index (χ3n) is 3.33. The molecule has 0 saturated heterocycles. The quantitative estimate of drug-likeness (QED) is 0.448. The lowest BCUT2D eigenvalue weighted by Crippen LogP contribution is -2.22. The van der Waals surface area contributed by atoms with Gasteiger partial charge in [0.25, 0.3) is 0 Å². The van der Waals surface area contributed by atoms with E-state index in [1.807, 2.05) is 0 Å². The Labute approximate surface area is 94.1 Å². The van der Waals surface area contributed by atoms with Crippen LogP contribution in [0.3, 0.4) is 0 Å². The molecule has 0 heterocycles. The summed E-state index contributed by atoms with van der Waals surface area (Å²) in [6, 6.07) is 0. The van der Waals surface area contributed by atoms with E-state index in [9.17, 15) is 4.91 Å². The van der Waals surface area contributed by atoms with Crippen molar-refractivity contribution in [3.8, 4) is 0 Å². The molecule has 88 valence electrons. The molecular weight excluding hydrogens is 186 g/mol. The molecule has 0 aliphatic heterocycles. The molecule has 0 aromatic heterocycles. The highest BCUT2D eigenvalue weighted by Gasteiger charge is 2.24. The lowest BCUT2D eigenvalue weighted by atomic mass is 9.75. The van der Waals surface area contributed by atoms with Gasteiger partial charge in [-0.2, -0.15) is 4.91 Å². The zero-order valence-corrected chi connectivity index (χ0v) is 10.8. The van der Waals surface area contributed by atoms with Crippen molar-refractivity contribution in [3.63, 3.8) is 0 Å². The van der Waals surface area contributed by atoms with Gasteiger partial charge in [0.05, 0.1) is 6.54 Å². The summed E-state index contributed by atoms with van der Waals surface area (Å²) in [6.45, 7) is 11.4. The Morgan fingerprint density at radius 2 is 2.00 bits per heavy atom. The number of rotatable bonds is 7. The van der Waals surface area contributed by atoms with Gasteiger partial charge in [-0.3, -0.25) is 0 Å².